The lowest BCUT2D eigenvalue weighted by Crippen LogP contribution is -2.30. The fourth-order valence-corrected chi connectivity index (χ4v) is 3.26. The maximum atomic E-state index is 14.1. The normalized spacial score (nSPS) is 12.5. The minimum absolute atomic E-state index is 0.0249. The Morgan fingerprint density at radius 2 is 2.00 bits per heavy atom. The number of nitrogens with one attached hydrogen (secondary N) is 1. The summed E-state index contributed by atoms with van der Waals surface area (Å²) >= 11 is 11.2. The third-order valence-electron chi connectivity index (χ3n) is 3.08. The molecule has 0 aliphatic carbocycles. The Balaban J connectivity index is 2.40. The smallest absolute Gasteiger partial charge is 0.143 e. The first-order valence-electron chi connectivity index (χ1n) is 5.97. The van der Waals surface area contributed by atoms with E-state index in [-0.39, 0.29) is 16.5 Å². The lowest BCUT2D eigenvalue weighted by atomic mass is 9.98. The molecular weight excluding hydrogens is 476 g/mol. The summed E-state index contributed by atoms with van der Waals surface area (Å²) in [5.74, 6) is 4.33. The molecule has 0 radical (unpaired) electrons. The van der Waals surface area contributed by atoms with E-state index >= 15 is 0 Å². The lowest BCUT2D eigenvalue weighted by molar-refractivity contribution is 0.497. The summed E-state index contributed by atoms with van der Waals surface area (Å²) in [5.41, 5.74) is 3.37. The van der Waals surface area contributed by atoms with Crippen molar-refractivity contribution >= 4 is 50.1 Å². The molecule has 0 spiro atoms. The Morgan fingerprint density at radius 3 is 2.67 bits per heavy atom. The molecule has 0 aromatic heterocycles. The predicted molar refractivity (Wildman–Crippen MR) is 92.0 cm³/mol. The third kappa shape index (κ3) is 3.92. The van der Waals surface area contributed by atoms with Crippen molar-refractivity contribution < 1.29 is 8.78 Å². The first-order chi connectivity index (χ1) is 9.93. The zero-order chi connectivity index (χ0) is 15.6. The van der Waals surface area contributed by atoms with Crippen molar-refractivity contribution in [2.24, 2.45) is 5.84 Å². The summed E-state index contributed by atoms with van der Waals surface area (Å²) in [5, 5.41) is 0.542. The number of halogens is 5. The molecule has 1 unspecified atom stereocenters. The van der Waals surface area contributed by atoms with Gasteiger partial charge in [-0.2, -0.15) is 0 Å². The SMILES string of the molecule is NNC(Cc1c(F)ccc(Br)c1F)c1cc(Cl)ccc1I. The minimum Gasteiger partial charge on any atom is -0.271 e. The summed E-state index contributed by atoms with van der Waals surface area (Å²) in [6, 6.07) is 7.42. The Hall–Kier alpha value is -0.280. The van der Waals surface area contributed by atoms with Crippen molar-refractivity contribution in [1.29, 1.82) is 0 Å². The van der Waals surface area contributed by atoms with E-state index in [1.54, 1.807) is 12.1 Å². The van der Waals surface area contributed by atoms with E-state index in [0.717, 1.165) is 9.13 Å². The van der Waals surface area contributed by atoms with Gasteiger partial charge in [0.05, 0.1) is 10.5 Å². The van der Waals surface area contributed by atoms with Crippen LogP contribution in [0.3, 0.4) is 0 Å². The van der Waals surface area contributed by atoms with Gasteiger partial charge in [-0.25, -0.2) is 8.78 Å². The van der Waals surface area contributed by atoms with E-state index in [1.807, 2.05) is 6.07 Å². The summed E-state index contributed by atoms with van der Waals surface area (Å²) in [6.07, 6.45) is 0.0734. The second-order valence-corrected chi connectivity index (χ2v) is 6.86. The maximum Gasteiger partial charge on any atom is 0.143 e. The van der Waals surface area contributed by atoms with Crippen LogP contribution in [0.4, 0.5) is 8.78 Å². The van der Waals surface area contributed by atoms with Crippen LogP contribution in [0.25, 0.3) is 0 Å². The van der Waals surface area contributed by atoms with E-state index in [0.29, 0.717) is 5.02 Å². The Labute approximate surface area is 148 Å². The summed E-state index contributed by atoms with van der Waals surface area (Å²) < 4.78 is 29.1. The molecular formula is C14H11BrClF2IN2. The molecule has 0 fully saturated rings. The summed E-state index contributed by atoms with van der Waals surface area (Å²) in [7, 11) is 0. The van der Waals surface area contributed by atoms with Crippen LogP contribution in [0.2, 0.25) is 5.02 Å². The quantitative estimate of drug-likeness (QED) is 0.283. The molecule has 0 saturated heterocycles. The van der Waals surface area contributed by atoms with Crippen molar-refractivity contribution in [3.63, 3.8) is 0 Å². The van der Waals surface area contributed by atoms with Gasteiger partial charge in [-0.1, -0.05) is 11.6 Å². The number of hydrazine groups is 1. The van der Waals surface area contributed by atoms with Gasteiger partial charge in [0, 0.05) is 14.2 Å². The summed E-state index contributed by atoms with van der Waals surface area (Å²) in [4.78, 5) is 0. The van der Waals surface area contributed by atoms with Gasteiger partial charge < -0.3 is 0 Å². The van der Waals surface area contributed by atoms with E-state index in [9.17, 15) is 8.78 Å². The van der Waals surface area contributed by atoms with E-state index in [1.165, 1.54) is 12.1 Å². The Bertz CT molecular complexity index is 670. The molecule has 0 amide bonds. The molecule has 0 aliphatic heterocycles. The van der Waals surface area contributed by atoms with Crippen molar-refractivity contribution in [1.82, 2.24) is 5.43 Å². The van der Waals surface area contributed by atoms with Gasteiger partial charge in [-0.3, -0.25) is 11.3 Å². The highest BCUT2D eigenvalue weighted by atomic mass is 127. The van der Waals surface area contributed by atoms with Crippen LogP contribution in [0.5, 0.6) is 0 Å². The van der Waals surface area contributed by atoms with Crippen molar-refractivity contribution in [3.8, 4) is 0 Å². The van der Waals surface area contributed by atoms with Crippen LogP contribution in [-0.4, -0.2) is 0 Å². The highest BCUT2D eigenvalue weighted by Gasteiger charge is 2.20. The maximum absolute atomic E-state index is 14.1. The number of hydrogen-bond donors (Lipinski definition) is 2. The van der Waals surface area contributed by atoms with Crippen molar-refractivity contribution in [3.05, 3.63) is 66.2 Å². The molecule has 0 aliphatic rings. The fraction of sp³-hybridized carbons (Fsp3) is 0.143. The van der Waals surface area contributed by atoms with E-state index in [4.69, 9.17) is 17.4 Å². The monoisotopic (exact) mass is 486 g/mol. The van der Waals surface area contributed by atoms with Gasteiger partial charge in [0.25, 0.3) is 0 Å². The van der Waals surface area contributed by atoms with Gasteiger partial charge in [-0.05, 0) is 80.8 Å². The molecule has 0 saturated carbocycles. The zero-order valence-electron chi connectivity index (χ0n) is 10.6. The Morgan fingerprint density at radius 1 is 1.29 bits per heavy atom. The van der Waals surface area contributed by atoms with Gasteiger partial charge in [0.1, 0.15) is 11.6 Å². The first kappa shape index (κ1) is 17.1. The highest BCUT2D eigenvalue weighted by molar-refractivity contribution is 14.1. The topological polar surface area (TPSA) is 38.0 Å². The second-order valence-electron chi connectivity index (χ2n) is 4.41. The van der Waals surface area contributed by atoms with Gasteiger partial charge in [-0.15, -0.1) is 0 Å². The third-order valence-corrected chi connectivity index (χ3v) is 4.91. The number of rotatable bonds is 4. The van der Waals surface area contributed by atoms with Crippen LogP contribution in [0, 0.1) is 15.2 Å². The van der Waals surface area contributed by atoms with Crippen LogP contribution in [0.1, 0.15) is 17.2 Å². The van der Waals surface area contributed by atoms with Crippen molar-refractivity contribution in [2.75, 3.05) is 0 Å². The lowest BCUT2D eigenvalue weighted by Gasteiger charge is -2.19. The van der Waals surface area contributed by atoms with Gasteiger partial charge in [0.2, 0.25) is 0 Å². The Kier molecular flexibility index (Phi) is 5.96. The number of nitrogens with two attached hydrogens (primary N) is 1. The van der Waals surface area contributed by atoms with Crippen LogP contribution in [0.15, 0.2) is 34.8 Å². The zero-order valence-corrected chi connectivity index (χ0v) is 15.1. The molecule has 2 aromatic carbocycles. The van der Waals surface area contributed by atoms with Gasteiger partial charge >= 0.3 is 0 Å². The standard InChI is InChI=1S/C14H11BrClF2IN2/c15-10-2-3-11(17)8(14(10)18)6-13(21-20)9-5-7(16)1-4-12(9)19/h1-5,13,21H,6,20H2. The highest BCUT2D eigenvalue weighted by Crippen LogP contribution is 2.29. The predicted octanol–water partition coefficient (Wildman–Crippen LogP) is 4.73. The molecule has 2 rings (SSSR count). The van der Waals surface area contributed by atoms with Crippen LogP contribution in [-0.2, 0) is 6.42 Å². The average Bonchev–Trinajstić information content (AvgIpc) is 2.46. The molecule has 2 aromatic rings. The molecule has 112 valence electrons. The van der Waals surface area contributed by atoms with Crippen molar-refractivity contribution in [2.45, 2.75) is 12.5 Å². The molecule has 0 heterocycles. The fourth-order valence-electron chi connectivity index (χ4n) is 2.00. The average molecular weight is 488 g/mol. The second kappa shape index (κ2) is 7.32. The largest absolute Gasteiger partial charge is 0.271 e. The molecule has 2 nitrogen and oxygen atoms in total. The first-order valence-corrected chi connectivity index (χ1v) is 8.22. The van der Waals surface area contributed by atoms with Gasteiger partial charge in [0.15, 0.2) is 0 Å². The van der Waals surface area contributed by atoms with Crippen LogP contribution >= 0.6 is 50.1 Å². The summed E-state index contributed by atoms with van der Waals surface area (Å²) in [6.45, 7) is 0. The minimum atomic E-state index is -0.618. The molecule has 0 bridgehead atoms. The molecule has 3 N–H and O–H groups in total. The molecule has 21 heavy (non-hydrogen) atoms. The number of hydrogen-bond acceptors (Lipinski definition) is 2. The molecule has 1 atom stereocenters. The molecule has 7 heteroatoms. The number of benzene rings is 2. The van der Waals surface area contributed by atoms with E-state index < -0.39 is 17.7 Å². The van der Waals surface area contributed by atoms with E-state index in [2.05, 4.69) is 43.9 Å². The van der Waals surface area contributed by atoms with Crippen LogP contribution < -0.4 is 11.3 Å².